The molecule has 7 nitrogen and oxygen atoms in total. The molecule has 4 rings (SSSR count). The Balaban J connectivity index is 1.82. The van der Waals surface area contributed by atoms with Gasteiger partial charge in [0.25, 0.3) is 11.6 Å². The molecule has 2 aromatic carbocycles. The fraction of sp³-hybridized carbons (Fsp3) is 0.118. The van der Waals surface area contributed by atoms with Crippen molar-refractivity contribution in [3.05, 3.63) is 59.9 Å². The number of anilines is 2. The number of carbonyl (C=O) groups excluding carboxylic acids is 1. The van der Waals surface area contributed by atoms with E-state index in [1.54, 1.807) is 37.4 Å². The van der Waals surface area contributed by atoms with Crippen LogP contribution < -0.4 is 21.3 Å². The number of carbonyl (C=O) groups is 1. The van der Waals surface area contributed by atoms with Crippen LogP contribution in [0, 0.1) is 5.82 Å². The van der Waals surface area contributed by atoms with Gasteiger partial charge in [-0.1, -0.05) is 30.3 Å². The van der Waals surface area contributed by atoms with Gasteiger partial charge in [0.05, 0.1) is 11.4 Å². The fourth-order valence-electron chi connectivity index (χ4n) is 3.02. The molecule has 1 atom stereocenters. The second-order valence-electron chi connectivity index (χ2n) is 5.74. The molecule has 2 heterocycles. The summed E-state index contributed by atoms with van der Waals surface area (Å²) in [5.41, 5.74) is 5.93. The maximum absolute atomic E-state index is 13.9. The number of rotatable bonds is 1. The van der Waals surface area contributed by atoms with Crippen molar-refractivity contribution in [3.63, 3.8) is 0 Å². The first kappa shape index (κ1) is 15.1. The summed E-state index contributed by atoms with van der Waals surface area (Å²) in [6.45, 7) is 0. The van der Waals surface area contributed by atoms with E-state index in [0.29, 0.717) is 11.3 Å². The van der Waals surface area contributed by atoms with E-state index >= 15 is 0 Å². The summed E-state index contributed by atoms with van der Waals surface area (Å²) >= 11 is 0. The smallest absolute Gasteiger partial charge is 0.282 e. The van der Waals surface area contributed by atoms with Crippen molar-refractivity contribution in [1.29, 1.82) is 0 Å². The molecule has 2 aliphatic heterocycles. The van der Waals surface area contributed by atoms with E-state index in [2.05, 4.69) is 20.6 Å². The molecule has 2 aromatic rings. The Morgan fingerprint density at radius 1 is 1.16 bits per heavy atom. The van der Waals surface area contributed by atoms with Crippen molar-refractivity contribution in [1.82, 2.24) is 5.32 Å². The summed E-state index contributed by atoms with van der Waals surface area (Å²) in [6.07, 6.45) is 0. The maximum Gasteiger partial charge on any atom is 0.282 e. The number of aliphatic imine (C=N–C) groups is 2. The third-order valence-corrected chi connectivity index (χ3v) is 4.17. The molecule has 126 valence electrons. The Hall–Kier alpha value is -3.42. The van der Waals surface area contributed by atoms with Crippen molar-refractivity contribution in [2.45, 2.75) is 5.66 Å². The van der Waals surface area contributed by atoms with Crippen molar-refractivity contribution in [2.24, 2.45) is 15.7 Å². The number of benzene rings is 2. The zero-order valence-electron chi connectivity index (χ0n) is 13.3. The predicted octanol–water partition coefficient (Wildman–Crippen LogP) is 1.34. The number of guanidine groups is 2. The van der Waals surface area contributed by atoms with E-state index in [4.69, 9.17) is 5.73 Å². The molecule has 25 heavy (non-hydrogen) atoms. The Morgan fingerprint density at radius 3 is 2.68 bits per heavy atom. The zero-order valence-corrected chi connectivity index (χ0v) is 13.3. The van der Waals surface area contributed by atoms with E-state index in [0.717, 1.165) is 0 Å². The lowest BCUT2D eigenvalue weighted by Crippen LogP contribution is -2.50. The van der Waals surface area contributed by atoms with Gasteiger partial charge in [-0.05, 0) is 18.2 Å². The molecule has 0 aliphatic carbocycles. The van der Waals surface area contributed by atoms with Crippen LogP contribution in [-0.2, 0) is 10.5 Å². The van der Waals surface area contributed by atoms with Gasteiger partial charge < -0.3 is 16.0 Å². The Labute approximate surface area is 143 Å². The van der Waals surface area contributed by atoms with Gasteiger partial charge in [-0.15, -0.1) is 0 Å². The number of nitrogens with one attached hydrogen (secondary N) is 2. The first-order valence-electron chi connectivity index (χ1n) is 7.63. The van der Waals surface area contributed by atoms with Gasteiger partial charge in [0.2, 0.25) is 5.96 Å². The Kier molecular flexibility index (Phi) is 3.21. The van der Waals surface area contributed by atoms with Gasteiger partial charge in [-0.2, -0.15) is 0 Å². The quantitative estimate of drug-likeness (QED) is 0.731. The molecule has 0 saturated heterocycles. The van der Waals surface area contributed by atoms with E-state index < -0.39 is 11.5 Å². The lowest BCUT2D eigenvalue weighted by molar-refractivity contribution is -0.122. The molecule has 8 heteroatoms. The highest BCUT2D eigenvalue weighted by Gasteiger charge is 2.52. The number of halogens is 1. The number of hydrogen-bond donors (Lipinski definition) is 3. The summed E-state index contributed by atoms with van der Waals surface area (Å²) in [7, 11) is 1.66. The van der Waals surface area contributed by atoms with Crippen LogP contribution in [0.1, 0.15) is 5.56 Å². The minimum Gasteiger partial charge on any atom is -0.370 e. The van der Waals surface area contributed by atoms with Crippen molar-refractivity contribution in [2.75, 3.05) is 17.3 Å². The number of fused-ring (bicyclic) bond motifs is 2. The van der Waals surface area contributed by atoms with Gasteiger partial charge in [0, 0.05) is 12.6 Å². The summed E-state index contributed by atoms with van der Waals surface area (Å²) in [6, 6.07) is 13.4. The van der Waals surface area contributed by atoms with Crippen molar-refractivity contribution < 1.29 is 9.18 Å². The average Bonchev–Trinajstić information content (AvgIpc) is 2.79. The second kappa shape index (κ2) is 5.30. The monoisotopic (exact) mass is 338 g/mol. The number of hydrogen-bond acceptors (Lipinski definition) is 6. The SMILES string of the molecule is CN1C(=O)[C@]2(N=C(N)NC(Nc3ccccc3F)=N2)c2ccccc21. The van der Waals surface area contributed by atoms with E-state index in [1.807, 2.05) is 12.1 Å². The van der Waals surface area contributed by atoms with E-state index in [9.17, 15) is 9.18 Å². The van der Waals surface area contributed by atoms with Crippen LogP contribution in [0.25, 0.3) is 0 Å². The van der Waals surface area contributed by atoms with Crippen LogP contribution in [0.4, 0.5) is 15.8 Å². The third-order valence-electron chi connectivity index (χ3n) is 4.17. The lowest BCUT2D eigenvalue weighted by atomic mass is 10.0. The first-order valence-corrected chi connectivity index (χ1v) is 7.63. The standard InChI is InChI=1S/C17H15FN6O/c1-24-13-9-5-2-6-10(13)17(14(24)25)22-15(19)21-16(23-17)20-12-8-4-3-7-11(12)18/h2-9H,1H3,(H4,19,20,21,22,23)/t17-/m0/s1. The number of likely N-dealkylation sites (N-methyl/N-ethyl adjacent to an activating group) is 1. The Morgan fingerprint density at radius 2 is 1.88 bits per heavy atom. The highest BCUT2D eigenvalue weighted by molar-refractivity contribution is 6.14. The van der Waals surface area contributed by atoms with E-state index in [1.165, 1.54) is 11.0 Å². The molecule has 1 spiro atoms. The number of nitrogens with two attached hydrogens (primary N) is 1. The highest BCUT2D eigenvalue weighted by Crippen LogP contribution is 2.43. The maximum atomic E-state index is 13.9. The number of para-hydroxylation sites is 2. The van der Waals surface area contributed by atoms with Gasteiger partial charge in [-0.25, -0.2) is 14.4 Å². The van der Waals surface area contributed by atoms with E-state index in [-0.39, 0.29) is 23.5 Å². The molecule has 2 aliphatic rings. The zero-order chi connectivity index (χ0) is 17.6. The van der Waals surface area contributed by atoms with Gasteiger partial charge in [-0.3, -0.25) is 10.1 Å². The molecule has 1 amide bonds. The second-order valence-corrected chi connectivity index (χ2v) is 5.74. The molecule has 0 saturated carbocycles. The summed E-state index contributed by atoms with van der Waals surface area (Å²) in [4.78, 5) is 23.1. The van der Waals surface area contributed by atoms with Gasteiger partial charge in [0.1, 0.15) is 5.82 Å². The highest BCUT2D eigenvalue weighted by atomic mass is 19.1. The van der Waals surface area contributed by atoms with Crippen LogP contribution in [0.2, 0.25) is 0 Å². The minimum atomic E-state index is -1.51. The molecule has 0 aromatic heterocycles. The largest absolute Gasteiger partial charge is 0.370 e. The number of amides is 1. The normalized spacial score (nSPS) is 21.5. The molecule has 0 unspecified atom stereocenters. The first-order chi connectivity index (χ1) is 12.0. The number of nitrogens with zero attached hydrogens (tertiary/aromatic N) is 3. The van der Waals surface area contributed by atoms with Crippen LogP contribution in [-0.4, -0.2) is 24.9 Å². The summed E-state index contributed by atoms with van der Waals surface area (Å²) in [5, 5.41) is 5.57. The molecular weight excluding hydrogens is 323 g/mol. The topological polar surface area (TPSA) is 95.1 Å². The third kappa shape index (κ3) is 2.22. The van der Waals surface area contributed by atoms with Crippen LogP contribution in [0.15, 0.2) is 58.5 Å². The van der Waals surface area contributed by atoms with Crippen LogP contribution >= 0.6 is 0 Å². The van der Waals surface area contributed by atoms with Crippen LogP contribution in [0.3, 0.4) is 0 Å². The molecule has 4 N–H and O–H groups in total. The van der Waals surface area contributed by atoms with Gasteiger partial charge in [0.15, 0.2) is 5.96 Å². The minimum absolute atomic E-state index is 0.0206. The van der Waals surface area contributed by atoms with Gasteiger partial charge >= 0.3 is 0 Å². The summed E-state index contributed by atoms with van der Waals surface area (Å²) < 4.78 is 13.9. The predicted molar refractivity (Wildman–Crippen MR) is 93.7 cm³/mol. The van der Waals surface area contributed by atoms with Crippen molar-refractivity contribution in [3.8, 4) is 0 Å². The summed E-state index contributed by atoms with van der Waals surface area (Å²) in [5.74, 6) is -0.605. The van der Waals surface area contributed by atoms with Crippen molar-refractivity contribution >= 4 is 29.2 Å². The molecule has 0 fully saturated rings. The molecule has 0 radical (unpaired) electrons. The average molecular weight is 338 g/mol. The fourth-order valence-corrected chi connectivity index (χ4v) is 3.02. The Bertz CT molecular complexity index is 940. The van der Waals surface area contributed by atoms with Crippen LogP contribution in [0.5, 0.6) is 0 Å². The lowest BCUT2D eigenvalue weighted by Gasteiger charge is -2.26. The molecule has 0 bridgehead atoms. The molecular formula is C17H15FN6O.